The van der Waals surface area contributed by atoms with Crippen LogP contribution in [0.5, 0.6) is 0 Å². The molecule has 5 nitrogen and oxygen atoms in total. The van der Waals surface area contributed by atoms with Crippen LogP contribution >= 0.6 is 11.6 Å². The number of hydrogen-bond acceptors (Lipinski definition) is 4. The Labute approximate surface area is 220 Å². The Kier molecular flexibility index (Phi) is 6.01. The molecule has 1 aliphatic rings. The van der Waals surface area contributed by atoms with Crippen LogP contribution in [0.3, 0.4) is 0 Å². The number of nitrogens with one attached hydrogen (secondary N) is 1. The van der Waals surface area contributed by atoms with E-state index in [0.717, 1.165) is 39.0 Å². The molecule has 6 rings (SSSR count). The standard InChI is InChI=1S/C31H26ClN3O2/c1-2-37-30(36)24-18-23(24)28-27-25(34-35-28)19-26(32)33-29(27)31(20-12-6-3-7-13-20,21-14-8-4-9-15-21)22-16-10-5-11-17-22/h3-17,19,23-24H,2,18H2,1H3,(H,34,35)/t23-,24-/m1/s1. The third kappa shape index (κ3) is 3.91. The highest BCUT2D eigenvalue weighted by Gasteiger charge is 2.49. The highest BCUT2D eigenvalue weighted by molar-refractivity contribution is 6.30. The number of aromatic amines is 1. The molecule has 1 N–H and O–H groups in total. The van der Waals surface area contributed by atoms with Crippen molar-refractivity contribution in [3.05, 3.63) is 130 Å². The lowest BCUT2D eigenvalue weighted by atomic mass is 9.66. The van der Waals surface area contributed by atoms with Gasteiger partial charge in [0.1, 0.15) is 5.15 Å². The fraction of sp³-hybridized carbons (Fsp3) is 0.194. The zero-order chi connectivity index (χ0) is 25.4. The summed E-state index contributed by atoms with van der Waals surface area (Å²) in [6.45, 7) is 2.20. The molecule has 0 radical (unpaired) electrons. The Hall–Kier alpha value is -3.96. The average molecular weight is 508 g/mol. The largest absolute Gasteiger partial charge is 0.466 e. The van der Waals surface area contributed by atoms with Gasteiger partial charge in [0.15, 0.2) is 0 Å². The summed E-state index contributed by atoms with van der Waals surface area (Å²) >= 11 is 6.68. The van der Waals surface area contributed by atoms with Crippen LogP contribution in [0.25, 0.3) is 10.9 Å². The number of pyridine rings is 1. The molecule has 1 saturated carbocycles. The maximum Gasteiger partial charge on any atom is 0.309 e. The van der Waals surface area contributed by atoms with Crippen LogP contribution in [0, 0.1) is 5.92 Å². The summed E-state index contributed by atoms with van der Waals surface area (Å²) < 4.78 is 5.32. The molecule has 6 heteroatoms. The van der Waals surface area contributed by atoms with Gasteiger partial charge in [0.05, 0.1) is 29.2 Å². The number of carbonyl (C=O) groups is 1. The Morgan fingerprint density at radius 2 is 1.49 bits per heavy atom. The highest BCUT2D eigenvalue weighted by atomic mass is 35.5. The Bertz CT molecular complexity index is 1450. The first-order valence-electron chi connectivity index (χ1n) is 12.5. The van der Waals surface area contributed by atoms with Crippen molar-refractivity contribution < 1.29 is 9.53 Å². The minimum atomic E-state index is -0.778. The third-order valence-electron chi connectivity index (χ3n) is 7.26. The first-order chi connectivity index (χ1) is 18.1. The van der Waals surface area contributed by atoms with Crippen LogP contribution < -0.4 is 0 Å². The van der Waals surface area contributed by atoms with Crippen LogP contribution in [0.15, 0.2) is 97.1 Å². The second kappa shape index (κ2) is 9.49. The molecule has 3 aromatic carbocycles. The van der Waals surface area contributed by atoms with Crippen molar-refractivity contribution in [1.82, 2.24) is 15.2 Å². The van der Waals surface area contributed by atoms with Crippen LogP contribution in [-0.2, 0) is 14.9 Å². The normalized spacial score (nSPS) is 17.0. The van der Waals surface area contributed by atoms with Gasteiger partial charge in [0.2, 0.25) is 0 Å². The molecule has 0 aliphatic heterocycles. The molecule has 0 saturated heterocycles. The van der Waals surface area contributed by atoms with E-state index in [4.69, 9.17) is 21.3 Å². The number of ether oxygens (including phenoxy) is 1. The number of H-pyrrole nitrogens is 1. The van der Waals surface area contributed by atoms with E-state index in [1.807, 2.05) is 61.5 Å². The highest BCUT2D eigenvalue weighted by Crippen LogP contribution is 2.53. The van der Waals surface area contributed by atoms with Gasteiger partial charge in [-0.3, -0.25) is 9.89 Å². The van der Waals surface area contributed by atoms with Gasteiger partial charge in [-0.05, 0) is 30.0 Å². The van der Waals surface area contributed by atoms with Crippen molar-refractivity contribution >= 4 is 28.5 Å². The topological polar surface area (TPSA) is 67.9 Å². The summed E-state index contributed by atoms with van der Waals surface area (Å²) in [4.78, 5) is 17.6. The summed E-state index contributed by atoms with van der Waals surface area (Å²) in [6.07, 6.45) is 0.715. The lowest BCUT2D eigenvalue weighted by Gasteiger charge is -2.36. The van der Waals surface area contributed by atoms with Crippen LogP contribution in [0.1, 0.15) is 47.3 Å². The molecule has 1 aliphatic carbocycles. The van der Waals surface area contributed by atoms with E-state index in [0.29, 0.717) is 18.2 Å². The molecule has 0 amide bonds. The average Bonchev–Trinajstić information content (AvgIpc) is 3.63. The summed E-state index contributed by atoms with van der Waals surface area (Å²) in [5.41, 5.74) is 4.83. The van der Waals surface area contributed by atoms with Gasteiger partial charge in [0, 0.05) is 23.1 Å². The number of aromatic nitrogens is 3. The summed E-state index contributed by atoms with van der Waals surface area (Å²) in [6, 6.07) is 32.9. The number of rotatable bonds is 7. The Morgan fingerprint density at radius 3 is 2.00 bits per heavy atom. The molecule has 0 spiro atoms. The molecule has 1 fully saturated rings. The lowest BCUT2D eigenvalue weighted by molar-refractivity contribution is -0.144. The second-order valence-electron chi connectivity index (χ2n) is 9.37. The fourth-order valence-corrected chi connectivity index (χ4v) is 5.76. The van der Waals surface area contributed by atoms with Crippen molar-refractivity contribution in [2.75, 3.05) is 6.61 Å². The predicted octanol–water partition coefficient (Wildman–Crippen LogP) is 6.66. The van der Waals surface area contributed by atoms with E-state index in [2.05, 4.69) is 46.6 Å². The van der Waals surface area contributed by atoms with Crippen LogP contribution in [-0.4, -0.2) is 27.8 Å². The van der Waals surface area contributed by atoms with E-state index >= 15 is 0 Å². The molecular formula is C31H26ClN3O2. The minimum Gasteiger partial charge on any atom is -0.466 e. The zero-order valence-electron chi connectivity index (χ0n) is 20.4. The number of halogens is 1. The van der Waals surface area contributed by atoms with Gasteiger partial charge >= 0.3 is 5.97 Å². The van der Waals surface area contributed by atoms with Crippen molar-refractivity contribution in [1.29, 1.82) is 0 Å². The Morgan fingerprint density at radius 1 is 0.946 bits per heavy atom. The number of carbonyl (C=O) groups excluding carboxylic acids is 1. The number of esters is 1. The molecule has 2 aromatic heterocycles. The van der Waals surface area contributed by atoms with Gasteiger partial charge in [-0.1, -0.05) is 103 Å². The van der Waals surface area contributed by atoms with E-state index in [-0.39, 0.29) is 17.8 Å². The smallest absolute Gasteiger partial charge is 0.309 e. The molecule has 184 valence electrons. The van der Waals surface area contributed by atoms with Crippen molar-refractivity contribution in [3.8, 4) is 0 Å². The predicted molar refractivity (Wildman–Crippen MR) is 145 cm³/mol. The lowest BCUT2D eigenvalue weighted by Crippen LogP contribution is -2.32. The number of nitrogens with zero attached hydrogens (tertiary/aromatic N) is 2. The molecule has 2 heterocycles. The SMILES string of the molecule is CCOC(=O)[C@@H]1C[C@H]1c1[nH]nc2cc(Cl)nc(C(c3ccccc3)(c3ccccc3)c3ccccc3)c12. The van der Waals surface area contributed by atoms with Crippen molar-refractivity contribution in [3.63, 3.8) is 0 Å². The third-order valence-corrected chi connectivity index (χ3v) is 7.45. The zero-order valence-corrected chi connectivity index (χ0v) is 21.2. The fourth-order valence-electron chi connectivity index (χ4n) is 5.57. The van der Waals surface area contributed by atoms with E-state index in [1.165, 1.54) is 0 Å². The van der Waals surface area contributed by atoms with E-state index < -0.39 is 5.41 Å². The quantitative estimate of drug-likeness (QED) is 0.152. The number of benzene rings is 3. The first-order valence-corrected chi connectivity index (χ1v) is 12.9. The van der Waals surface area contributed by atoms with Gasteiger partial charge in [-0.15, -0.1) is 0 Å². The van der Waals surface area contributed by atoms with Crippen molar-refractivity contribution in [2.45, 2.75) is 24.7 Å². The number of hydrogen-bond donors (Lipinski definition) is 1. The summed E-state index contributed by atoms with van der Waals surface area (Å²) in [5.74, 6) is -0.364. The van der Waals surface area contributed by atoms with E-state index in [1.54, 1.807) is 6.07 Å². The number of fused-ring (bicyclic) bond motifs is 1. The first kappa shape index (κ1) is 23.4. The molecule has 0 bridgehead atoms. The molecule has 5 aromatic rings. The summed E-state index contributed by atoms with van der Waals surface area (Å²) in [5, 5.41) is 9.14. The van der Waals surface area contributed by atoms with Crippen LogP contribution in [0.2, 0.25) is 5.15 Å². The van der Waals surface area contributed by atoms with Gasteiger partial charge < -0.3 is 4.74 Å². The van der Waals surface area contributed by atoms with Crippen LogP contribution in [0.4, 0.5) is 0 Å². The molecular weight excluding hydrogens is 482 g/mol. The van der Waals surface area contributed by atoms with Gasteiger partial charge in [-0.25, -0.2) is 4.98 Å². The molecule has 37 heavy (non-hydrogen) atoms. The molecule has 2 atom stereocenters. The minimum absolute atomic E-state index is 0.00852. The van der Waals surface area contributed by atoms with Gasteiger partial charge in [0.25, 0.3) is 0 Å². The molecule has 0 unspecified atom stereocenters. The monoisotopic (exact) mass is 507 g/mol. The van der Waals surface area contributed by atoms with Crippen molar-refractivity contribution in [2.24, 2.45) is 5.92 Å². The second-order valence-corrected chi connectivity index (χ2v) is 9.76. The maximum absolute atomic E-state index is 12.6. The van der Waals surface area contributed by atoms with Gasteiger partial charge in [-0.2, -0.15) is 5.10 Å². The maximum atomic E-state index is 12.6. The Balaban J connectivity index is 1.69. The van der Waals surface area contributed by atoms with E-state index in [9.17, 15) is 4.79 Å². The summed E-state index contributed by atoms with van der Waals surface area (Å²) in [7, 11) is 0.